The van der Waals surface area contributed by atoms with Crippen LogP contribution in [0.1, 0.15) is 47.5 Å². The molecule has 0 heterocycles. The Bertz CT molecular complexity index is 361. The predicted octanol–water partition coefficient (Wildman–Crippen LogP) is 1.44. The standard InChI is InChI=1S/C8H14N2O4.C4H9NO/c1-7(2,5(11)12)9-10-8(3,4)6(13)14;1-2-3-4(5)6/h1-4H3,(H,11,12)(H,13,14);2-3H2,1H3,(H2,5,6). The number of rotatable bonds is 6. The maximum absolute atomic E-state index is 10.6. The molecule has 0 aliphatic rings. The molecule has 0 saturated carbocycles. The molecule has 8 heteroatoms. The maximum Gasteiger partial charge on any atom is 0.332 e. The number of carbonyl (C=O) groups is 3. The number of carbonyl (C=O) groups excluding carboxylic acids is 1. The number of nitrogens with zero attached hydrogens (tertiary/aromatic N) is 2. The van der Waals surface area contributed by atoms with Crippen molar-refractivity contribution in [1.29, 1.82) is 0 Å². The predicted molar refractivity (Wildman–Crippen MR) is 72.4 cm³/mol. The molecular weight excluding hydrogens is 266 g/mol. The van der Waals surface area contributed by atoms with Gasteiger partial charge >= 0.3 is 11.9 Å². The lowest BCUT2D eigenvalue weighted by atomic mass is 10.1. The molecule has 0 atom stereocenters. The number of carboxylic acid groups (broad SMARTS) is 2. The Balaban J connectivity index is 0. The molecule has 0 aromatic carbocycles. The zero-order valence-electron chi connectivity index (χ0n) is 12.5. The topological polar surface area (TPSA) is 142 Å². The summed E-state index contributed by atoms with van der Waals surface area (Å²) >= 11 is 0. The lowest BCUT2D eigenvalue weighted by Gasteiger charge is -2.16. The Kier molecular flexibility index (Phi) is 8.37. The van der Waals surface area contributed by atoms with E-state index in [9.17, 15) is 14.4 Å². The molecule has 0 spiro atoms. The summed E-state index contributed by atoms with van der Waals surface area (Å²) in [5.41, 5.74) is 1.97. The number of carboxylic acids is 2. The molecule has 8 nitrogen and oxygen atoms in total. The summed E-state index contributed by atoms with van der Waals surface area (Å²) in [6.45, 7) is 7.30. The molecular formula is C12H23N3O5. The van der Waals surface area contributed by atoms with Gasteiger partial charge in [-0.3, -0.25) is 4.79 Å². The monoisotopic (exact) mass is 289 g/mol. The molecule has 1 amide bonds. The van der Waals surface area contributed by atoms with Crippen molar-refractivity contribution in [3.63, 3.8) is 0 Å². The van der Waals surface area contributed by atoms with Crippen LogP contribution in [0.4, 0.5) is 0 Å². The van der Waals surface area contributed by atoms with E-state index in [1.807, 2.05) is 6.92 Å². The van der Waals surface area contributed by atoms with Crippen LogP contribution in [-0.4, -0.2) is 39.1 Å². The Morgan fingerprint density at radius 2 is 1.25 bits per heavy atom. The van der Waals surface area contributed by atoms with Crippen LogP contribution in [0.2, 0.25) is 0 Å². The Morgan fingerprint density at radius 1 is 0.950 bits per heavy atom. The van der Waals surface area contributed by atoms with Gasteiger partial charge in [-0.25, -0.2) is 9.59 Å². The molecule has 0 rings (SSSR count). The van der Waals surface area contributed by atoms with Crippen LogP contribution in [0, 0.1) is 0 Å². The number of aliphatic carboxylic acids is 2. The van der Waals surface area contributed by atoms with Gasteiger partial charge in [0.05, 0.1) is 0 Å². The van der Waals surface area contributed by atoms with E-state index >= 15 is 0 Å². The quantitative estimate of drug-likeness (QED) is 0.634. The fraction of sp³-hybridized carbons (Fsp3) is 0.750. The number of amides is 1. The van der Waals surface area contributed by atoms with E-state index < -0.39 is 23.0 Å². The fourth-order valence-electron chi connectivity index (χ4n) is 0.582. The van der Waals surface area contributed by atoms with E-state index in [-0.39, 0.29) is 5.91 Å². The third-order valence-electron chi connectivity index (χ3n) is 2.09. The second-order valence-corrected chi connectivity index (χ2v) is 5.14. The van der Waals surface area contributed by atoms with Gasteiger partial charge in [-0.2, -0.15) is 10.2 Å². The molecule has 0 aromatic rings. The van der Waals surface area contributed by atoms with E-state index in [0.717, 1.165) is 6.42 Å². The Morgan fingerprint density at radius 3 is 1.35 bits per heavy atom. The van der Waals surface area contributed by atoms with Crippen LogP contribution in [0.15, 0.2) is 10.2 Å². The number of hydrogen-bond donors (Lipinski definition) is 3. The zero-order valence-corrected chi connectivity index (χ0v) is 12.5. The highest BCUT2D eigenvalue weighted by atomic mass is 16.4. The minimum Gasteiger partial charge on any atom is -0.479 e. The smallest absolute Gasteiger partial charge is 0.332 e. The van der Waals surface area contributed by atoms with Gasteiger partial charge in [-0.1, -0.05) is 6.92 Å². The molecule has 20 heavy (non-hydrogen) atoms. The number of primary amides is 1. The summed E-state index contributed by atoms with van der Waals surface area (Å²) < 4.78 is 0. The van der Waals surface area contributed by atoms with Gasteiger partial charge in [0.1, 0.15) is 0 Å². The first-order valence-electron chi connectivity index (χ1n) is 6.06. The molecule has 0 aliphatic heterocycles. The molecule has 0 aliphatic carbocycles. The second-order valence-electron chi connectivity index (χ2n) is 5.14. The van der Waals surface area contributed by atoms with Gasteiger partial charge < -0.3 is 15.9 Å². The maximum atomic E-state index is 10.6. The number of azo groups is 1. The number of hydrogen-bond acceptors (Lipinski definition) is 5. The van der Waals surface area contributed by atoms with Crippen molar-refractivity contribution in [2.75, 3.05) is 0 Å². The molecule has 4 N–H and O–H groups in total. The van der Waals surface area contributed by atoms with Crippen molar-refractivity contribution in [3.8, 4) is 0 Å². The summed E-state index contributed by atoms with van der Waals surface area (Å²) in [5.74, 6) is -2.51. The fourth-order valence-corrected chi connectivity index (χ4v) is 0.582. The van der Waals surface area contributed by atoms with E-state index in [1.54, 1.807) is 0 Å². The summed E-state index contributed by atoms with van der Waals surface area (Å²) in [4.78, 5) is 31.0. The third-order valence-corrected chi connectivity index (χ3v) is 2.09. The van der Waals surface area contributed by atoms with E-state index in [2.05, 4.69) is 10.2 Å². The van der Waals surface area contributed by atoms with Crippen LogP contribution >= 0.6 is 0 Å². The molecule has 0 bridgehead atoms. The first-order valence-corrected chi connectivity index (χ1v) is 6.06. The van der Waals surface area contributed by atoms with Crippen LogP contribution < -0.4 is 5.73 Å². The van der Waals surface area contributed by atoms with Gasteiger partial charge in [-0.05, 0) is 34.1 Å². The number of nitrogens with two attached hydrogens (primary N) is 1. The molecule has 0 fully saturated rings. The minimum atomic E-state index is -1.40. The highest BCUT2D eigenvalue weighted by Gasteiger charge is 2.31. The van der Waals surface area contributed by atoms with Gasteiger partial charge in [0.15, 0.2) is 11.1 Å². The highest BCUT2D eigenvalue weighted by Crippen LogP contribution is 2.15. The molecule has 0 aromatic heterocycles. The van der Waals surface area contributed by atoms with Crippen molar-refractivity contribution >= 4 is 17.8 Å². The highest BCUT2D eigenvalue weighted by molar-refractivity contribution is 5.79. The summed E-state index contributed by atoms with van der Waals surface area (Å²) in [6, 6.07) is 0. The van der Waals surface area contributed by atoms with E-state index in [1.165, 1.54) is 27.7 Å². The molecule has 0 radical (unpaired) electrons. The van der Waals surface area contributed by atoms with Crippen molar-refractivity contribution in [3.05, 3.63) is 0 Å². The lowest BCUT2D eigenvalue weighted by Crippen LogP contribution is -2.32. The van der Waals surface area contributed by atoms with Crippen molar-refractivity contribution in [2.45, 2.75) is 58.5 Å². The van der Waals surface area contributed by atoms with Crippen LogP contribution in [-0.2, 0) is 14.4 Å². The van der Waals surface area contributed by atoms with Crippen LogP contribution in [0.3, 0.4) is 0 Å². The van der Waals surface area contributed by atoms with Gasteiger partial charge in [0, 0.05) is 6.42 Å². The normalized spacial score (nSPS) is 11.7. The largest absolute Gasteiger partial charge is 0.479 e. The Labute approximate surface area is 118 Å². The summed E-state index contributed by atoms with van der Waals surface area (Å²) in [5, 5.41) is 24.3. The summed E-state index contributed by atoms with van der Waals surface area (Å²) in [6.07, 6.45) is 1.37. The SMILES string of the molecule is CC(C)(N=NC(C)(C)C(=O)O)C(=O)O.CCCC(N)=O. The van der Waals surface area contributed by atoms with Gasteiger partial charge in [0.2, 0.25) is 5.91 Å². The molecule has 0 unspecified atom stereocenters. The van der Waals surface area contributed by atoms with Gasteiger partial charge in [-0.15, -0.1) is 0 Å². The molecule has 116 valence electrons. The first kappa shape index (κ1) is 20.3. The molecule has 0 saturated heterocycles. The minimum absolute atomic E-state index is 0.211. The zero-order chi connectivity index (χ0) is 16.6. The first-order chi connectivity index (χ1) is 8.86. The average molecular weight is 289 g/mol. The summed E-state index contributed by atoms with van der Waals surface area (Å²) in [7, 11) is 0. The van der Waals surface area contributed by atoms with Crippen molar-refractivity contribution in [2.24, 2.45) is 16.0 Å². The lowest BCUT2D eigenvalue weighted by molar-refractivity contribution is -0.144. The van der Waals surface area contributed by atoms with Crippen molar-refractivity contribution in [1.82, 2.24) is 0 Å². The van der Waals surface area contributed by atoms with E-state index in [0.29, 0.717) is 6.42 Å². The van der Waals surface area contributed by atoms with Gasteiger partial charge in [0.25, 0.3) is 0 Å². The third kappa shape index (κ3) is 9.01. The van der Waals surface area contributed by atoms with Crippen LogP contribution in [0.5, 0.6) is 0 Å². The van der Waals surface area contributed by atoms with Crippen molar-refractivity contribution < 1.29 is 24.6 Å². The van der Waals surface area contributed by atoms with E-state index in [4.69, 9.17) is 15.9 Å². The average Bonchev–Trinajstić information content (AvgIpc) is 2.27. The van der Waals surface area contributed by atoms with Crippen LogP contribution in [0.25, 0.3) is 0 Å². The second kappa shape index (κ2) is 8.23. The Hall–Kier alpha value is -1.99.